The number of nitrogens with one attached hydrogen (secondary N) is 2. The van der Waals surface area contributed by atoms with Gasteiger partial charge in [0.25, 0.3) is 5.56 Å². The van der Waals surface area contributed by atoms with E-state index in [0.29, 0.717) is 57.7 Å². The molecule has 0 unspecified atom stereocenters. The third-order valence-electron chi connectivity index (χ3n) is 10.4. The maximum absolute atomic E-state index is 14.5. The number of anilines is 1. The van der Waals surface area contributed by atoms with E-state index < -0.39 is 5.82 Å². The molecule has 1 saturated heterocycles. The molecule has 2 heterocycles. The maximum atomic E-state index is 14.5. The van der Waals surface area contributed by atoms with Crippen molar-refractivity contribution in [3.8, 4) is 11.5 Å². The maximum Gasteiger partial charge on any atom is 0.261 e. The van der Waals surface area contributed by atoms with Gasteiger partial charge >= 0.3 is 0 Å². The van der Waals surface area contributed by atoms with Crippen molar-refractivity contribution in [1.82, 2.24) is 19.8 Å². The van der Waals surface area contributed by atoms with Gasteiger partial charge in [-0.1, -0.05) is 20.8 Å². The van der Waals surface area contributed by atoms with Crippen LogP contribution >= 0.6 is 0 Å². The van der Waals surface area contributed by atoms with Gasteiger partial charge in [0.15, 0.2) is 17.5 Å². The second kappa shape index (κ2) is 11.7. The van der Waals surface area contributed by atoms with Crippen LogP contribution in [-0.2, 0) is 13.7 Å². The molecule has 0 spiro atoms. The molecule has 3 aromatic rings. The van der Waals surface area contributed by atoms with Crippen molar-refractivity contribution < 1.29 is 13.9 Å². The predicted molar refractivity (Wildman–Crippen MR) is 172 cm³/mol. The molecular weight excluding hydrogens is 559 g/mol. The molecular formula is C34H45FN6O3. The lowest BCUT2D eigenvalue weighted by molar-refractivity contribution is -0.108. The summed E-state index contributed by atoms with van der Waals surface area (Å²) in [6, 6.07) is 10.9. The summed E-state index contributed by atoms with van der Waals surface area (Å²) < 4.78 is 26.7. The zero-order chi connectivity index (χ0) is 31.3. The number of aliphatic imine (C=N–C) groups is 1. The van der Waals surface area contributed by atoms with E-state index in [-0.39, 0.29) is 24.0 Å². The summed E-state index contributed by atoms with van der Waals surface area (Å²) in [4.78, 5) is 25.8. The highest BCUT2D eigenvalue weighted by molar-refractivity contribution is 5.96. The van der Waals surface area contributed by atoms with Crippen molar-refractivity contribution in [3.05, 3.63) is 58.4 Å². The number of benzene rings is 2. The Bertz CT molecular complexity index is 1630. The lowest BCUT2D eigenvalue weighted by Gasteiger charge is -2.61. The molecule has 10 heteroatoms. The van der Waals surface area contributed by atoms with Gasteiger partial charge in [-0.15, -0.1) is 0 Å². The molecule has 6 atom stereocenters. The summed E-state index contributed by atoms with van der Waals surface area (Å²) >= 11 is 0. The molecule has 2 bridgehead atoms. The summed E-state index contributed by atoms with van der Waals surface area (Å²) in [6.45, 7) is 13.3. The van der Waals surface area contributed by atoms with Crippen molar-refractivity contribution in [2.24, 2.45) is 35.2 Å². The Morgan fingerprint density at radius 2 is 1.89 bits per heavy atom. The Morgan fingerprint density at radius 1 is 1.14 bits per heavy atom. The number of nitrogens with zero attached hydrogens (tertiary/aromatic N) is 4. The standard InChI is InChI=1S/C34H45FN6O3/c1-19-16-41(17-20(2)36-19)33(39-28-13-22-12-26(21(28)3)34(22,4)5)37-23-8-10-25-29(14-23)38-31(40(6)32(25)42)18-44-30-11-9-24(43-7)15-27(30)35/h8-11,14-15,19-22,26,28,36H,12-13,16-18H2,1-7H3,(H,37,39)/t19-,20+,21-,22+,26+,28+/m1/s1. The van der Waals surface area contributed by atoms with E-state index in [1.165, 1.54) is 30.2 Å². The summed E-state index contributed by atoms with van der Waals surface area (Å²) in [5, 5.41) is 7.77. The third kappa shape index (κ3) is 5.64. The summed E-state index contributed by atoms with van der Waals surface area (Å²) in [5.74, 6) is 3.13. The van der Waals surface area contributed by atoms with Gasteiger partial charge in [-0.3, -0.25) is 9.36 Å². The number of methoxy groups -OCH3 is 1. The van der Waals surface area contributed by atoms with Gasteiger partial charge in [0.05, 0.1) is 24.1 Å². The highest BCUT2D eigenvalue weighted by atomic mass is 19.1. The number of halogens is 1. The van der Waals surface area contributed by atoms with Crippen molar-refractivity contribution in [2.75, 3.05) is 25.5 Å². The van der Waals surface area contributed by atoms with Gasteiger partial charge in [0.1, 0.15) is 18.2 Å². The lowest BCUT2D eigenvalue weighted by Crippen LogP contribution is -2.59. The van der Waals surface area contributed by atoms with Gasteiger partial charge in [-0.25, -0.2) is 14.4 Å². The molecule has 3 saturated carbocycles. The zero-order valence-corrected chi connectivity index (χ0v) is 26.9. The molecule has 7 rings (SSSR count). The van der Waals surface area contributed by atoms with Crippen molar-refractivity contribution >= 4 is 22.5 Å². The van der Waals surface area contributed by atoms with Crippen LogP contribution in [0.1, 0.15) is 53.3 Å². The fraction of sp³-hybridized carbons (Fsp3) is 0.559. The number of aromatic nitrogens is 2. The van der Waals surface area contributed by atoms with E-state index >= 15 is 0 Å². The van der Waals surface area contributed by atoms with Gasteiger partial charge in [0, 0.05) is 44.0 Å². The van der Waals surface area contributed by atoms with Crippen LogP contribution in [0.5, 0.6) is 11.5 Å². The van der Waals surface area contributed by atoms with Gasteiger partial charge in [0.2, 0.25) is 0 Å². The first-order chi connectivity index (χ1) is 20.9. The molecule has 9 nitrogen and oxygen atoms in total. The monoisotopic (exact) mass is 604 g/mol. The van der Waals surface area contributed by atoms with Crippen LogP contribution in [-0.4, -0.2) is 58.7 Å². The molecule has 0 amide bonds. The van der Waals surface area contributed by atoms with Crippen LogP contribution in [0.3, 0.4) is 0 Å². The van der Waals surface area contributed by atoms with Crippen LogP contribution in [0.2, 0.25) is 0 Å². The third-order valence-corrected chi connectivity index (χ3v) is 10.4. The van der Waals surface area contributed by atoms with Gasteiger partial charge in [-0.2, -0.15) is 0 Å². The highest BCUT2D eigenvalue weighted by Crippen LogP contribution is 2.61. The van der Waals surface area contributed by atoms with E-state index in [4.69, 9.17) is 19.5 Å². The molecule has 1 aliphatic heterocycles. The number of ether oxygens (including phenoxy) is 2. The highest BCUT2D eigenvalue weighted by Gasteiger charge is 2.56. The Labute approximate surface area is 258 Å². The van der Waals surface area contributed by atoms with Crippen molar-refractivity contribution in [2.45, 2.75) is 72.2 Å². The Balaban J connectivity index is 1.29. The minimum Gasteiger partial charge on any atom is -0.497 e. The van der Waals surface area contributed by atoms with E-state index in [1.807, 2.05) is 18.2 Å². The second-order valence-electron chi connectivity index (χ2n) is 13.7. The number of guanidine groups is 1. The first kappa shape index (κ1) is 30.4. The first-order valence-corrected chi connectivity index (χ1v) is 15.8. The van der Waals surface area contributed by atoms with Crippen LogP contribution in [0, 0.1) is 29.0 Å². The minimum atomic E-state index is -0.543. The molecule has 0 radical (unpaired) electrons. The second-order valence-corrected chi connectivity index (χ2v) is 13.7. The Morgan fingerprint density at radius 3 is 2.55 bits per heavy atom. The Hall–Kier alpha value is -3.66. The molecule has 2 aromatic carbocycles. The SMILES string of the molecule is COc1ccc(OCc2nc3cc(NC(=N[C@H]4C[C@@H]5C[C@@H]([C@H]4C)C5(C)C)N4C[C@@H](C)N[C@@H](C)C4)ccc3c(=O)n2C)c(F)c1. The first-order valence-electron chi connectivity index (χ1n) is 15.8. The van der Waals surface area contributed by atoms with Crippen LogP contribution in [0.4, 0.5) is 10.1 Å². The van der Waals surface area contributed by atoms with E-state index in [9.17, 15) is 9.18 Å². The summed E-state index contributed by atoms with van der Waals surface area (Å²) in [7, 11) is 3.13. The fourth-order valence-electron chi connectivity index (χ4n) is 7.66. The predicted octanol–water partition coefficient (Wildman–Crippen LogP) is 5.18. The molecule has 4 fully saturated rings. The summed E-state index contributed by atoms with van der Waals surface area (Å²) in [6.07, 6.45) is 2.42. The molecule has 44 heavy (non-hydrogen) atoms. The number of fused-ring (bicyclic) bond motifs is 3. The van der Waals surface area contributed by atoms with E-state index in [1.54, 1.807) is 13.1 Å². The lowest BCUT2D eigenvalue weighted by atomic mass is 9.45. The van der Waals surface area contributed by atoms with E-state index in [2.05, 4.69) is 50.2 Å². The Kier molecular flexibility index (Phi) is 8.07. The minimum absolute atomic E-state index is 0.0638. The van der Waals surface area contributed by atoms with E-state index in [0.717, 1.165) is 31.2 Å². The molecule has 236 valence electrons. The molecule has 3 aliphatic carbocycles. The van der Waals surface area contributed by atoms with Gasteiger partial charge < -0.3 is 25.0 Å². The topological polar surface area (TPSA) is 93.0 Å². The number of hydrogen-bond acceptors (Lipinski definition) is 6. The summed E-state index contributed by atoms with van der Waals surface area (Å²) in [5.41, 5.74) is 1.57. The smallest absolute Gasteiger partial charge is 0.261 e. The average molecular weight is 605 g/mol. The zero-order valence-electron chi connectivity index (χ0n) is 26.9. The quantitative estimate of drug-likeness (QED) is 0.296. The molecule has 4 aliphatic rings. The number of piperazine rings is 1. The van der Waals surface area contributed by atoms with Crippen molar-refractivity contribution in [1.29, 1.82) is 0 Å². The average Bonchev–Trinajstić information content (AvgIpc) is 2.98. The van der Waals surface area contributed by atoms with Crippen LogP contribution in [0.25, 0.3) is 10.9 Å². The van der Waals surface area contributed by atoms with Crippen molar-refractivity contribution in [3.63, 3.8) is 0 Å². The van der Waals surface area contributed by atoms with Crippen LogP contribution in [0.15, 0.2) is 46.2 Å². The largest absolute Gasteiger partial charge is 0.497 e. The van der Waals surface area contributed by atoms with Gasteiger partial charge in [-0.05, 0) is 80.2 Å². The normalized spacial score (nSPS) is 28.0. The number of hydrogen-bond donors (Lipinski definition) is 2. The number of rotatable bonds is 6. The fourth-order valence-corrected chi connectivity index (χ4v) is 7.66. The molecule has 1 aromatic heterocycles. The molecule has 2 N–H and O–H groups in total. The van der Waals surface area contributed by atoms with Crippen LogP contribution < -0.4 is 25.7 Å².